The summed E-state index contributed by atoms with van der Waals surface area (Å²) in [6.45, 7) is 7.11. The van der Waals surface area contributed by atoms with E-state index < -0.39 is 0 Å². The van der Waals surface area contributed by atoms with Crippen LogP contribution in [0.4, 0.5) is 0 Å². The van der Waals surface area contributed by atoms with Crippen molar-refractivity contribution in [3.63, 3.8) is 0 Å². The van der Waals surface area contributed by atoms with Crippen LogP contribution in [0.5, 0.6) is 0 Å². The van der Waals surface area contributed by atoms with Crippen LogP contribution >= 0.6 is 0 Å². The molecule has 2 aliphatic rings. The molecule has 0 radical (unpaired) electrons. The predicted molar refractivity (Wildman–Crippen MR) is 61.3 cm³/mol. The zero-order valence-corrected chi connectivity index (χ0v) is 9.92. The van der Waals surface area contributed by atoms with Crippen LogP contribution in [0.25, 0.3) is 0 Å². The lowest BCUT2D eigenvalue weighted by Gasteiger charge is -2.31. The topological polar surface area (TPSA) is 12.0 Å². The Labute approximate surface area is 88.7 Å². The Hall–Kier alpha value is -0.0400. The highest BCUT2D eigenvalue weighted by molar-refractivity contribution is 4.93. The number of nitrogens with one attached hydrogen (secondary N) is 1. The van der Waals surface area contributed by atoms with E-state index in [1.165, 1.54) is 32.1 Å². The third-order valence-electron chi connectivity index (χ3n) is 4.27. The van der Waals surface area contributed by atoms with Crippen molar-refractivity contribution in [2.75, 3.05) is 0 Å². The first-order chi connectivity index (χ1) is 6.66. The molecule has 0 aromatic heterocycles. The van der Waals surface area contributed by atoms with E-state index >= 15 is 0 Å². The van der Waals surface area contributed by atoms with Crippen LogP contribution in [0.15, 0.2) is 0 Å². The molecule has 2 rings (SSSR count). The molecule has 2 atom stereocenters. The Kier molecular flexibility index (Phi) is 3.16. The summed E-state index contributed by atoms with van der Waals surface area (Å²) in [6.07, 6.45) is 7.18. The maximum absolute atomic E-state index is 3.80. The van der Waals surface area contributed by atoms with Crippen LogP contribution in [0.2, 0.25) is 0 Å². The van der Waals surface area contributed by atoms with Gasteiger partial charge in [0, 0.05) is 12.1 Å². The minimum atomic E-state index is 0.847. The van der Waals surface area contributed by atoms with Crippen LogP contribution < -0.4 is 5.32 Å². The van der Waals surface area contributed by atoms with Crippen molar-refractivity contribution in [2.24, 2.45) is 17.8 Å². The van der Waals surface area contributed by atoms with E-state index in [0.717, 1.165) is 29.8 Å². The molecule has 82 valence electrons. The Morgan fingerprint density at radius 1 is 1.07 bits per heavy atom. The Morgan fingerprint density at radius 2 is 1.64 bits per heavy atom. The second kappa shape index (κ2) is 4.22. The average molecular weight is 195 g/mol. The average Bonchev–Trinajstić information content (AvgIpc) is 2.82. The maximum Gasteiger partial charge on any atom is 0.00989 e. The molecule has 0 bridgehead atoms. The van der Waals surface area contributed by atoms with Crippen LogP contribution in [0, 0.1) is 17.8 Å². The monoisotopic (exact) mass is 195 g/mol. The molecule has 0 spiro atoms. The number of hydrogen-bond acceptors (Lipinski definition) is 1. The molecular weight excluding hydrogens is 170 g/mol. The second-order valence-corrected chi connectivity index (χ2v) is 5.84. The normalized spacial score (nSPS) is 42.9. The van der Waals surface area contributed by atoms with E-state index in [4.69, 9.17) is 0 Å². The van der Waals surface area contributed by atoms with E-state index in [1.807, 2.05) is 0 Å². The molecule has 2 unspecified atom stereocenters. The van der Waals surface area contributed by atoms with Gasteiger partial charge in [-0.1, -0.05) is 20.8 Å². The van der Waals surface area contributed by atoms with Gasteiger partial charge in [0.2, 0.25) is 0 Å². The fraction of sp³-hybridized carbons (Fsp3) is 1.00. The molecule has 1 N–H and O–H groups in total. The first-order valence-electron chi connectivity index (χ1n) is 6.43. The number of rotatable bonds is 3. The maximum atomic E-state index is 3.80. The molecule has 2 aliphatic carbocycles. The smallest absolute Gasteiger partial charge is 0.00989 e. The van der Waals surface area contributed by atoms with Crippen LogP contribution in [0.3, 0.4) is 0 Å². The summed E-state index contributed by atoms with van der Waals surface area (Å²) in [5.41, 5.74) is 0. The third kappa shape index (κ3) is 2.50. The van der Waals surface area contributed by atoms with Gasteiger partial charge >= 0.3 is 0 Å². The fourth-order valence-corrected chi connectivity index (χ4v) is 2.81. The lowest BCUT2D eigenvalue weighted by molar-refractivity contribution is 0.237. The van der Waals surface area contributed by atoms with Crippen LogP contribution in [-0.4, -0.2) is 12.1 Å². The highest BCUT2D eigenvalue weighted by Crippen LogP contribution is 2.34. The molecule has 2 fully saturated rings. The van der Waals surface area contributed by atoms with Gasteiger partial charge in [-0.25, -0.2) is 0 Å². The second-order valence-electron chi connectivity index (χ2n) is 5.84. The first kappa shape index (κ1) is 10.5. The molecule has 0 aromatic rings. The summed E-state index contributed by atoms with van der Waals surface area (Å²) in [5.74, 6) is 2.86. The minimum absolute atomic E-state index is 0.847. The molecule has 0 saturated heterocycles. The summed E-state index contributed by atoms with van der Waals surface area (Å²) < 4.78 is 0. The largest absolute Gasteiger partial charge is 0.311 e. The summed E-state index contributed by atoms with van der Waals surface area (Å²) in [4.78, 5) is 0. The Bertz CT molecular complexity index is 180. The van der Waals surface area contributed by atoms with Gasteiger partial charge in [-0.15, -0.1) is 0 Å². The molecule has 0 heterocycles. The van der Waals surface area contributed by atoms with Crippen molar-refractivity contribution in [1.29, 1.82) is 0 Å². The van der Waals surface area contributed by atoms with Gasteiger partial charge < -0.3 is 5.32 Å². The van der Waals surface area contributed by atoms with E-state index in [2.05, 4.69) is 26.1 Å². The minimum Gasteiger partial charge on any atom is -0.311 e. The van der Waals surface area contributed by atoms with Crippen molar-refractivity contribution in [2.45, 2.75) is 65.0 Å². The fourth-order valence-electron chi connectivity index (χ4n) is 2.81. The summed E-state index contributed by atoms with van der Waals surface area (Å²) >= 11 is 0. The Morgan fingerprint density at radius 3 is 2.07 bits per heavy atom. The molecule has 0 aliphatic heterocycles. The van der Waals surface area contributed by atoms with Gasteiger partial charge in [0.15, 0.2) is 0 Å². The lowest BCUT2D eigenvalue weighted by atomic mass is 9.80. The SMILES string of the molecule is CC(C)C1CCC(NC2CC2C)CC1. The molecule has 0 aromatic carbocycles. The van der Waals surface area contributed by atoms with Crippen molar-refractivity contribution in [3.05, 3.63) is 0 Å². The van der Waals surface area contributed by atoms with Crippen LogP contribution in [0.1, 0.15) is 52.9 Å². The highest BCUT2D eigenvalue weighted by atomic mass is 15.0. The zero-order valence-electron chi connectivity index (χ0n) is 9.92. The van der Waals surface area contributed by atoms with Gasteiger partial charge in [-0.2, -0.15) is 0 Å². The first-order valence-corrected chi connectivity index (χ1v) is 6.43. The van der Waals surface area contributed by atoms with Gasteiger partial charge in [0.1, 0.15) is 0 Å². The van der Waals surface area contributed by atoms with Crippen molar-refractivity contribution in [1.82, 2.24) is 5.32 Å². The van der Waals surface area contributed by atoms with Crippen molar-refractivity contribution < 1.29 is 0 Å². The predicted octanol–water partition coefficient (Wildman–Crippen LogP) is 3.20. The van der Waals surface area contributed by atoms with E-state index in [0.29, 0.717) is 0 Å². The third-order valence-corrected chi connectivity index (χ3v) is 4.27. The molecule has 1 nitrogen and oxygen atoms in total. The van der Waals surface area contributed by atoms with E-state index in [9.17, 15) is 0 Å². The number of hydrogen-bond donors (Lipinski definition) is 1. The van der Waals surface area contributed by atoms with E-state index in [1.54, 1.807) is 0 Å². The molecule has 14 heavy (non-hydrogen) atoms. The summed E-state index contributed by atoms with van der Waals surface area (Å²) in [6, 6.07) is 1.72. The van der Waals surface area contributed by atoms with Crippen molar-refractivity contribution in [3.8, 4) is 0 Å². The summed E-state index contributed by atoms with van der Waals surface area (Å²) in [5, 5.41) is 3.80. The van der Waals surface area contributed by atoms with Gasteiger partial charge in [0.25, 0.3) is 0 Å². The lowest BCUT2D eigenvalue weighted by Crippen LogP contribution is -2.36. The molecule has 1 heteroatoms. The molecular formula is C13H25N. The van der Waals surface area contributed by atoms with E-state index in [-0.39, 0.29) is 0 Å². The highest BCUT2D eigenvalue weighted by Gasteiger charge is 2.35. The quantitative estimate of drug-likeness (QED) is 0.729. The Balaban J connectivity index is 1.68. The molecule has 2 saturated carbocycles. The van der Waals surface area contributed by atoms with Crippen molar-refractivity contribution >= 4 is 0 Å². The van der Waals surface area contributed by atoms with Gasteiger partial charge in [-0.3, -0.25) is 0 Å². The summed E-state index contributed by atoms with van der Waals surface area (Å²) in [7, 11) is 0. The molecule has 0 amide bonds. The zero-order chi connectivity index (χ0) is 10.1. The standard InChI is InChI=1S/C13H25N/c1-9(2)11-4-6-12(7-5-11)14-13-8-10(13)3/h9-14H,4-8H2,1-3H3. The van der Waals surface area contributed by atoms with Crippen LogP contribution in [-0.2, 0) is 0 Å². The van der Waals surface area contributed by atoms with Gasteiger partial charge in [0.05, 0.1) is 0 Å². The van der Waals surface area contributed by atoms with Gasteiger partial charge in [-0.05, 0) is 49.9 Å².